The molecule has 1 unspecified atom stereocenters. The number of aromatic nitrogens is 2. The Bertz CT molecular complexity index is 620. The molecule has 0 radical (unpaired) electrons. The van der Waals surface area contributed by atoms with Gasteiger partial charge < -0.3 is 10.1 Å². The minimum Gasteiger partial charge on any atom is -0.383 e. The highest BCUT2D eigenvalue weighted by molar-refractivity contribution is 14.1. The molecule has 1 N–H and O–H groups in total. The number of nitrogens with zero attached hydrogens (tertiary/aromatic N) is 2. The van der Waals surface area contributed by atoms with Gasteiger partial charge in [0, 0.05) is 15.7 Å². The minimum atomic E-state index is 0.00401. The van der Waals surface area contributed by atoms with Gasteiger partial charge in [-0.2, -0.15) is 5.10 Å². The van der Waals surface area contributed by atoms with Crippen LogP contribution in [0.3, 0.4) is 0 Å². The summed E-state index contributed by atoms with van der Waals surface area (Å²) in [5.41, 5.74) is 2.19. The number of hydrogen-bond acceptors (Lipinski definition) is 3. The lowest BCUT2D eigenvalue weighted by Crippen LogP contribution is -2.23. The van der Waals surface area contributed by atoms with Crippen molar-refractivity contribution < 1.29 is 4.74 Å². The highest BCUT2D eigenvalue weighted by Gasteiger charge is 2.22. The zero-order chi connectivity index (χ0) is 15.4. The predicted molar refractivity (Wildman–Crippen MR) is 96.9 cm³/mol. The summed E-state index contributed by atoms with van der Waals surface area (Å²) in [6, 6.07) is 5.91. The molecule has 0 spiro atoms. The molecule has 2 rings (SSSR count). The Hall–Kier alpha value is -0.150. The topological polar surface area (TPSA) is 39.1 Å². The molecule has 0 fully saturated rings. The van der Waals surface area contributed by atoms with Gasteiger partial charge in [-0.05, 0) is 69.3 Å². The van der Waals surface area contributed by atoms with E-state index in [1.54, 1.807) is 7.11 Å². The van der Waals surface area contributed by atoms with Crippen molar-refractivity contribution in [3.05, 3.63) is 48.7 Å². The molecule has 1 aromatic carbocycles. The molecule has 0 saturated carbocycles. The van der Waals surface area contributed by atoms with Crippen LogP contribution in [-0.2, 0) is 11.3 Å². The Kier molecular flexibility index (Phi) is 6.49. The molecule has 2 aromatic rings. The van der Waals surface area contributed by atoms with Gasteiger partial charge >= 0.3 is 0 Å². The molecule has 0 aliphatic heterocycles. The van der Waals surface area contributed by atoms with Gasteiger partial charge in [-0.3, -0.25) is 4.68 Å². The van der Waals surface area contributed by atoms with Crippen molar-refractivity contribution >= 4 is 50.1 Å². The smallest absolute Gasteiger partial charge is 0.0768 e. The molecular weight excluding hydrogens is 468 g/mol. The lowest BCUT2D eigenvalue weighted by atomic mass is 10.0. The standard InChI is InChI=1S/C14H16BrClIN3O/c1-18-13(10-7-9(16)3-4-12(10)17)14-11(15)8-19-20(14)5-6-21-2/h3-4,7-8,13,18H,5-6H2,1-2H3. The van der Waals surface area contributed by atoms with Crippen LogP contribution < -0.4 is 5.32 Å². The molecule has 4 nitrogen and oxygen atoms in total. The molecule has 21 heavy (non-hydrogen) atoms. The fourth-order valence-electron chi connectivity index (χ4n) is 2.19. The predicted octanol–water partition coefficient (Wildman–Crippen LogP) is 3.86. The molecule has 0 aliphatic rings. The van der Waals surface area contributed by atoms with E-state index < -0.39 is 0 Å². The summed E-state index contributed by atoms with van der Waals surface area (Å²) in [4.78, 5) is 0. The Morgan fingerprint density at radius 1 is 1.52 bits per heavy atom. The third-order valence-corrected chi connectivity index (χ3v) is 5.00. The zero-order valence-electron chi connectivity index (χ0n) is 11.7. The molecule has 1 heterocycles. The van der Waals surface area contributed by atoms with Gasteiger partial charge in [-0.1, -0.05) is 11.6 Å². The first-order chi connectivity index (χ1) is 10.1. The third kappa shape index (κ3) is 3.98. The van der Waals surface area contributed by atoms with Crippen LogP contribution in [0.15, 0.2) is 28.9 Å². The van der Waals surface area contributed by atoms with Gasteiger partial charge in [0.1, 0.15) is 0 Å². The number of hydrogen-bond donors (Lipinski definition) is 1. The Morgan fingerprint density at radius 3 is 2.95 bits per heavy atom. The van der Waals surface area contributed by atoms with Crippen molar-refractivity contribution in [2.75, 3.05) is 20.8 Å². The monoisotopic (exact) mass is 483 g/mol. The average Bonchev–Trinajstić information content (AvgIpc) is 2.83. The highest BCUT2D eigenvalue weighted by atomic mass is 127. The Balaban J connectivity index is 2.46. The SMILES string of the molecule is CNC(c1cc(Cl)ccc1I)c1c(Br)cnn1CCOC. The fraction of sp³-hybridized carbons (Fsp3) is 0.357. The normalized spacial score (nSPS) is 12.6. The van der Waals surface area contributed by atoms with Crippen molar-refractivity contribution in [2.45, 2.75) is 12.6 Å². The van der Waals surface area contributed by atoms with Gasteiger partial charge in [0.2, 0.25) is 0 Å². The maximum absolute atomic E-state index is 6.16. The number of ether oxygens (including phenoxy) is 1. The van der Waals surface area contributed by atoms with Crippen LogP contribution >= 0.6 is 50.1 Å². The summed E-state index contributed by atoms with van der Waals surface area (Å²) in [5, 5.41) is 8.49. The maximum atomic E-state index is 6.16. The summed E-state index contributed by atoms with van der Waals surface area (Å²) in [7, 11) is 3.62. The molecule has 7 heteroatoms. The van der Waals surface area contributed by atoms with Crippen LogP contribution in [0.2, 0.25) is 5.02 Å². The van der Waals surface area contributed by atoms with E-state index in [4.69, 9.17) is 16.3 Å². The zero-order valence-corrected chi connectivity index (χ0v) is 16.2. The minimum absolute atomic E-state index is 0.00401. The van der Waals surface area contributed by atoms with Crippen molar-refractivity contribution in [2.24, 2.45) is 0 Å². The summed E-state index contributed by atoms with van der Waals surface area (Å²) in [6.07, 6.45) is 1.81. The van der Waals surface area contributed by atoms with E-state index in [1.807, 2.05) is 36.1 Å². The number of nitrogens with one attached hydrogen (secondary N) is 1. The highest BCUT2D eigenvalue weighted by Crippen LogP contribution is 2.32. The van der Waals surface area contributed by atoms with Crippen LogP contribution in [0.5, 0.6) is 0 Å². The second kappa shape index (κ2) is 7.92. The molecule has 0 saturated heterocycles. The van der Waals surface area contributed by atoms with Crippen molar-refractivity contribution in [1.82, 2.24) is 15.1 Å². The summed E-state index contributed by atoms with van der Waals surface area (Å²) in [5.74, 6) is 0. The maximum Gasteiger partial charge on any atom is 0.0768 e. The van der Waals surface area contributed by atoms with E-state index in [1.165, 1.54) is 0 Å². The average molecular weight is 485 g/mol. The van der Waals surface area contributed by atoms with Crippen LogP contribution in [-0.4, -0.2) is 30.5 Å². The van der Waals surface area contributed by atoms with E-state index in [0.29, 0.717) is 13.2 Å². The summed E-state index contributed by atoms with van der Waals surface area (Å²) in [6.45, 7) is 1.32. The Morgan fingerprint density at radius 2 is 2.29 bits per heavy atom. The first kappa shape index (κ1) is 17.2. The van der Waals surface area contributed by atoms with Crippen molar-refractivity contribution in [1.29, 1.82) is 0 Å². The lowest BCUT2D eigenvalue weighted by molar-refractivity contribution is 0.182. The van der Waals surface area contributed by atoms with E-state index in [9.17, 15) is 0 Å². The third-order valence-electron chi connectivity index (χ3n) is 3.17. The number of methoxy groups -OCH3 is 1. The van der Waals surface area contributed by atoms with Crippen LogP contribution in [0.4, 0.5) is 0 Å². The molecule has 1 aromatic heterocycles. The van der Waals surface area contributed by atoms with E-state index in [-0.39, 0.29) is 6.04 Å². The van der Waals surface area contributed by atoms with E-state index in [2.05, 4.69) is 48.9 Å². The number of rotatable bonds is 6. The largest absolute Gasteiger partial charge is 0.383 e. The molecular formula is C14H16BrClIN3O. The van der Waals surface area contributed by atoms with E-state index >= 15 is 0 Å². The fourth-order valence-corrected chi connectivity index (χ4v) is 3.54. The molecule has 114 valence electrons. The van der Waals surface area contributed by atoms with Crippen LogP contribution in [0.1, 0.15) is 17.3 Å². The van der Waals surface area contributed by atoms with Crippen molar-refractivity contribution in [3.8, 4) is 0 Å². The van der Waals surface area contributed by atoms with Gasteiger partial charge in [-0.25, -0.2) is 0 Å². The Labute approximate surface area is 151 Å². The first-order valence-corrected chi connectivity index (χ1v) is 8.65. The number of halogens is 3. The quantitative estimate of drug-likeness (QED) is 0.633. The first-order valence-electron chi connectivity index (χ1n) is 6.40. The van der Waals surface area contributed by atoms with Crippen molar-refractivity contribution in [3.63, 3.8) is 0 Å². The van der Waals surface area contributed by atoms with Crippen LogP contribution in [0.25, 0.3) is 0 Å². The lowest BCUT2D eigenvalue weighted by Gasteiger charge is -2.21. The second-order valence-corrected chi connectivity index (χ2v) is 6.93. The summed E-state index contributed by atoms with van der Waals surface area (Å²) < 4.78 is 9.22. The summed E-state index contributed by atoms with van der Waals surface area (Å²) >= 11 is 12.1. The molecule has 0 aliphatic carbocycles. The van der Waals surface area contributed by atoms with Gasteiger partial charge in [-0.15, -0.1) is 0 Å². The van der Waals surface area contributed by atoms with Gasteiger partial charge in [0.25, 0.3) is 0 Å². The number of benzene rings is 1. The molecule has 0 amide bonds. The van der Waals surface area contributed by atoms with Gasteiger partial charge in [0.15, 0.2) is 0 Å². The van der Waals surface area contributed by atoms with Crippen LogP contribution in [0, 0.1) is 3.57 Å². The second-order valence-electron chi connectivity index (χ2n) is 4.48. The van der Waals surface area contributed by atoms with Gasteiger partial charge in [0.05, 0.1) is 35.6 Å². The molecule has 0 bridgehead atoms. The van der Waals surface area contributed by atoms with E-state index in [0.717, 1.165) is 24.3 Å². The molecule has 1 atom stereocenters.